The molecule has 0 spiro atoms. The van der Waals surface area contributed by atoms with Crippen molar-refractivity contribution < 1.29 is 15.3 Å². The second-order valence-corrected chi connectivity index (χ2v) is 3.50. The maximum absolute atomic E-state index is 9.75. The molecular formula is C11H17NO3. The molecule has 1 aromatic carbocycles. The third-order valence-corrected chi connectivity index (χ3v) is 2.27. The van der Waals surface area contributed by atoms with Crippen LogP contribution in [0.25, 0.3) is 0 Å². The Bertz CT molecular complexity index is 304. The predicted octanol–water partition coefficient (Wildman–Crippen LogP) is 0.396. The van der Waals surface area contributed by atoms with Gasteiger partial charge >= 0.3 is 0 Å². The van der Waals surface area contributed by atoms with E-state index in [0.717, 1.165) is 0 Å². The molecule has 1 aromatic rings. The molecule has 2 unspecified atom stereocenters. The summed E-state index contributed by atoms with van der Waals surface area (Å²) in [5, 5.41) is 31.5. The largest absolute Gasteiger partial charge is 0.508 e. The Balaban J connectivity index is 2.62. The van der Waals surface area contributed by atoms with E-state index in [9.17, 15) is 15.3 Å². The minimum absolute atomic E-state index is 0.0902. The molecule has 4 nitrogen and oxygen atoms in total. The lowest BCUT2D eigenvalue weighted by molar-refractivity contribution is 0.0139. The molecule has 2 atom stereocenters. The molecule has 0 saturated carbocycles. The molecule has 0 radical (unpaired) electrons. The van der Waals surface area contributed by atoms with Crippen LogP contribution in [0.4, 0.5) is 0 Å². The quantitative estimate of drug-likeness (QED) is 0.568. The van der Waals surface area contributed by atoms with Gasteiger partial charge in [0.2, 0.25) is 0 Å². The Morgan fingerprint density at radius 2 is 2.07 bits per heavy atom. The van der Waals surface area contributed by atoms with E-state index in [1.165, 1.54) is 12.1 Å². The summed E-state index contributed by atoms with van der Waals surface area (Å²) >= 11 is 0. The summed E-state index contributed by atoms with van der Waals surface area (Å²) in [5.74, 6) is 0.0902. The molecule has 84 valence electrons. The molecule has 0 aliphatic heterocycles. The van der Waals surface area contributed by atoms with Crippen molar-refractivity contribution in [2.45, 2.75) is 18.6 Å². The Morgan fingerprint density at radius 1 is 1.33 bits per heavy atom. The van der Waals surface area contributed by atoms with Crippen molar-refractivity contribution in [2.24, 2.45) is 0 Å². The number of hydrogen-bond acceptors (Lipinski definition) is 4. The van der Waals surface area contributed by atoms with Gasteiger partial charge in [0.15, 0.2) is 0 Å². The molecular weight excluding hydrogens is 194 g/mol. The second-order valence-electron chi connectivity index (χ2n) is 3.50. The highest BCUT2D eigenvalue weighted by Gasteiger charge is 2.17. The Labute approximate surface area is 89.2 Å². The van der Waals surface area contributed by atoms with Crippen molar-refractivity contribution in [3.05, 3.63) is 29.8 Å². The van der Waals surface area contributed by atoms with Gasteiger partial charge in [0.1, 0.15) is 11.9 Å². The number of benzene rings is 1. The van der Waals surface area contributed by atoms with Crippen LogP contribution in [0.15, 0.2) is 24.3 Å². The second kappa shape index (κ2) is 5.70. The van der Waals surface area contributed by atoms with Crippen molar-refractivity contribution in [2.75, 3.05) is 13.6 Å². The highest BCUT2D eigenvalue weighted by atomic mass is 16.3. The monoisotopic (exact) mass is 211 g/mol. The molecule has 0 aromatic heterocycles. The maximum Gasteiger partial charge on any atom is 0.115 e. The SMILES string of the molecule is CNCCC(O)C(O)c1cccc(O)c1. The zero-order valence-corrected chi connectivity index (χ0v) is 8.72. The fourth-order valence-corrected chi connectivity index (χ4v) is 1.38. The molecule has 4 N–H and O–H groups in total. The van der Waals surface area contributed by atoms with Crippen molar-refractivity contribution in [3.63, 3.8) is 0 Å². The lowest BCUT2D eigenvalue weighted by Gasteiger charge is -2.18. The summed E-state index contributed by atoms with van der Waals surface area (Å²) in [6, 6.07) is 6.29. The van der Waals surface area contributed by atoms with E-state index < -0.39 is 12.2 Å². The Kier molecular flexibility index (Phi) is 4.55. The third-order valence-electron chi connectivity index (χ3n) is 2.27. The molecule has 1 rings (SSSR count). The molecule has 0 aliphatic rings. The number of aliphatic hydroxyl groups is 2. The van der Waals surface area contributed by atoms with Crippen LogP contribution in [0.2, 0.25) is 0 Å². The summed E-state index contributed by atoms with van der Waals surface area (Å²) in [6.45, 7) is 0.636. The van der Waals surface area contributed by atoms with Crippen LogP contribution in [0, 0.1) is 0 Å². The zero-order valence-electron chi connectivity index (χ0n) is 8.72. The number of aromatic hydroxyl groups is 1. The lowest BCUT2D eigenvalue weighted by Crippen LogP contribution is -2.23. The van der Waals surface area contributed by atoms with E-state index in [2.05, 4.69) is 5.32 Å². The van der Waals surface area contributed by atoms with E-state index in [-0.39, 0.29) is 5.75 Å². The van der Waals surface area contributed by atoms with Crippen LogP contribution in [-0.4, -0.2) is 35.0 Å². The molecule has 4 heteroatoms. The fraction of sp³-hybridized carbons (Fsp3) is 0.455. The number of nitrogens with one attached hydrogen (secondary N) is 1. The van der Waals surface area contributed by atoms with Gasteiger partial charge < -0.3 is 20.6 Å². The maximum atomic E-state index is 9.75. The van der Waals surface area contributed by atoms with Crippen molar-refractivity contribution in [1.29, 1.82) is 0 Å². The van der Waals surface area contributed by atoms with Crippen molar-refractivity contribution >= 4 is 0 Å². The van der Waals surface area contributed by atoms with E-state index >= 15 is 0 Å². The van der Waals surface area contributed by atoms with E-state index in [0.29, 0.717) is 18.5 Å². The van der Waals surface area contributed by atoms with Gasteiger partial charge in [-0.1, -0.05) is 12.1 Å². The Hall–Kier alpha value is -1.10. The number of aliphatic hydroxyl groups excluding tert-OH is 2. The predicted molar refractivity (Wildman–Crippen MR) is 57.6 cm³/mol. The zero-order chi connectivity index (χ0) is 11.3. The van der Waals surface area contributed by atoms with Crippen molar-refractivity contribution in [1.82, 2.24) is 5.32 Å². The summed E-state index contributed by atoms with van der Waals surface area (Å²) in [4.78, 5) is 0. The average molecular weight is 211 g/mol. The van der Waals surface area contributed by atoms with Crippen LogP contribution in [0.3, 0.4) is 0 Å². The highest BCUT2D eigenvalue weighted by Crippen LogP contribution is 2.21. The smallest absolute Gasteiger partial charge is 0.115 e. The van der Waals surface area contributed by atoms with E-state index in [1.54, 1.807) is 19.2 Å². The van der Waals surface area contributed by atoms with Crippen LogP contribution in [0.1, 0.15) is 18.1 Å². The summed E-state index contributed by atoms with van der Waals surface area (Å²) in [6.07, 6.45) is -1.31. The first kappa shape index (κ1) is 12.0. The van der Waals surface area contributed by atoms with E-state index in [4.69, 9.17) is 0 Å². The van der Waals surface area contributed by atoms with Crippen LogP contribution < -0.4 is 5.32 Å². The fourth-order valence-electron chi connectivity index (χ4n) is 1.38. The number of phenolic OH excluding ortho intramolecular Hbond substituents is 1. The van der Waals surface area contributed by atoms with Crippen LogP contribution >= 0.6 is 0 Å². The van der Waals surface area contributed by atoms with E-state index in [1.807, 2.05) is 0 Å². The standard InChI is InChI=1S/C11H17NO3/c1-12-6-5-10(14)11(15)8-3-2-4-9(13)7-8/h2-4,7,10-15H,5-6H2,1H3. The lowest BCUT2D eigenvalue weighted by atomic mass is 10.0. The van der Waals surface area contributed by atoms with Gasteiger partial charge in [-0.25, -0.2) is 0 Å². The topological polar surface area (TPSA) is 72.7 Å². The minimum atomic E-state index is -0.953. The molecule has 0 heterocycles. The average Bonchev–Trinajstić information content (AvgIpc) is 2.24. The minimum Gasteiger partial charge on any atom is -0.508 e. The normalized spacial score (nSPS) is 14.9. The molecule has 0 bridgehead atoms. The van der Waals surface area contributed by atoms with Crippen LogP contribution in [-0.2, 0) is 0 Å². The molecule has 0 aliphatic carbocycles. The summed E-state index contributed by atoms with van der Waals surface area (Å²) in [7, 11) is 1.79. The highest BCUT2D eigenvalue weighted by molar-refractivity contribution is 5.29. The Morgan fingerprint density at radius 3 is 2.67 bits per heavy atom. The summed E-state index contributed by atoms with van der Waals surface area (Å²) in [5.41, 5.74) is 0.526. The first-order chi connectivity index (χ1) is 7.15. The molecule has 0 fully saturated rings. The number of phenols is 1. The van der Waals surface area contributed by atoms with Gasteiger partial charge in [0.25, 0.3) is 0 Å². The first-order valence-electron chi connectivity index (χ1n) is 4.95. The van der Waals surface area contributed by atoms with Gasteiger partial charge in [-0.3, -0.25) is 0 Å². The number of rotatable bonds is 5. The first-order valence-corrected chi connectivity index (χ1v) is 4.95. The van der Waals surface area contributed by atoms with Gasteiger partial charge in [-0.05, 0) is 37.7 Å². The van der Waals surface area contributed by atoms with Gasteiger partial charge in [0, 0.05) is 0 Å². The molecule has 0 saturated heterocycles. The number of hydrogen-bond donors (Lipinski definition) is 4. The van der Waals surface area contributed by atoms with Gasteiger partial charge in [0.05, 0.1) is 6.10 Å². The van der Waals surface area contributed by atoms with Crippen molar-refractivity contribution in [3.8, 4) is 5.75 Å². The molecule has 15 heavy (non-hydrogen) atoms. The third kappa shape index (κ3) is 3.51. The molecule has 0 amide bonds. The van der Waals surface area contributed by atoms with Gasteiger partial charge in [-0.15, -0.1) is 0 Å². The summed E-state index contributed by atoms with van der Waals surface area (Å²) < 4.78 is 0. The van der Waals surface area contributed by atoms with Crippen LogP contribution in [0.5, 0.6) is 5.75 Å². The van der Waals surface area contributed by atoms with Gasteiger partial charge in [-0.2, -0.15) is 0 Å².